The lowest BCUT2D eigenvalue weighted by Gasteiger charge is -2.13. The number of amides is 2. The molecule has 0 aromatic heterocycles. The molecule has 112 valence electrons. The van der Waals surface area contributed by atoms with Gasteiger partial charge < -0.3 is 15.7 Å². The van der Waals surface area contributed by atoms with E-state index in [0.29, 0.717) is 17.7 Å². The molecule has 5 heteroatoms. The molecule has 21 heavy (non-hydrogen) atoms. The van der Waals surface area contributed by atoms with Crippen LogP contribution < -0.4 is 10.6 Å². The predicted molar refractivity (Wildman–Crippen MR) is 80.6 cm³/mol. The van der Waals surface area contributed by atoms with Gasteiger partial charge in [0, 0.05) is 17.7 Å². The van der Waals surface area contributed by atoms with Gasteiger partial charge in [-0.05, 0) is 37.6 Å². The molecular formula is C16H20N2O3. The molecular weight excluding hydrogens is 268 g/mol. The number of benzene rings is 1. The molecule has 1 rings (SSSR count). The van der Waals surface area contributed by atoms with Crippen LogP contribution in [0.4, 0.5) is 0 Å². The van der Waals surface area contributed by atoms with Gasteiger partial charge in [-0.3, -0.25) is 9.59 Å². The molecule has 0 heterocycles. The van der Waals surface area contributed by atoms with Crippen molar-refractivity contribution < 1.29 is 14.7 Å². The highest BCUT2D eigenvalue weighted by atomic mass is 16.2. The van der Waals surface area contributed by atoms with Gasteiger partial charge in [-0.1, -0.05) is 18.8 Å². The average Bonchev–Trinajstić information content (AvgIpc) is 2.50. The molecule has 0 saturated carbocycles. The summed E-state index contributed by atoms with van der Waals surface area (Å²) in [5.74, 6) is 4.77. The Labute approximate surface area is 124 Å². The van der Waals surface area contributed by atoms with Crippen molar-refractivity contribution in [3.8, 4) is 11.8 Å². The quantitative estimate of drug-likeness (QED) is 0.697. The van der Waals surface area contributed by atoms with Gasteiger partial charge in [0.1, 0.15) is 12.6 Å². The van der Waals surface area contributed by atoms with Crippen molar-refractivity contribution in [2.45, 2.75) is 26.3 Å². The summed E-state index contributed by atoms with van der Waals surface area (Å²) in [4.78, 5) is 23.7. The monoisotopic (exact) mass is 288 g/mol. The highest BCUT2D eigenvalue weighted by Crippen LogP contribution is 2.03. The predicted octanol–water partition coefficient (Wildman–Crippen LogP) is 0.675. The molecule has 0 spiro atoms. The van der Waals surface area contributed by atoms with Gasteiger partial charge in [0.15, 0.2) is 0 Å². The Morgan fingerprint density at radius 1 is 1.29 bits per heavy atom. The van der Waals surface area contributed by atoms with E-state index in [1.807, 2.05) is 6.92 Å². The summed E-state index contributed by atoms with van der Waals surface area (Å²) in [6.45, 7) is 4.00. The molecule has 0 saturated heterocycles. The normalized spacial score (nSPS) is 11.0. The van der Waals surface area contributed by atoms with Crippen LogP contribution in [0.3, 0.4) is 0 Å². The Morgan fingerprint density at radius 3 is 2.52 bits per heavy atom. The minimum atomic E-state index is -0.585. The van der Waals surface area contributed by atoms with Gasteiger partial charge in [-0.2, -0.15) is 0 Å². The zero-order chi connectivity index (χ0) is 15.7. The van der Waals surface area contributed by atoms with Gasteiger partial charge in [0.05, 0.1) is 0 Å². The third-order valence-corrected chi connectivity index (χ3v) is 2.75. The molecule has 0 bridgehead atoms. The smallest absolute Gasteiger partial charge is 0.251 e. The Hall–Kier alpha value is -2.32. The summed E-state index contributed by atoms with van der Waals surface area (Å²) < 4.78 is 0. The first-order chi connectivity index (χ1) is 10.1. The van der Waals surface area contributed by atoms with E-state index in [-0.39, 0.29) is 18.4 Å². The van der Waals surface area contributed by atoms with E-state index in [2.05, 4.69) is 22.5 Å². The summed E-state index contributed by atoms with van der Waals surface area (Å²) in [6.07, 6.45) is 0.850. The number of carbonyl (C=O) groups is 2. The van der Waals surface area contributed by atoms with Gasteiger partial charge >= 0.3 is 0 Å². The molecule has 1 aromatic carbocycles. The Kier molecular flexibility index (Phi) is 6.99. The highest BCUT2D eigenvalue weighted by molar-refractivity contribution is 5.97. The number of hydrogen-bond acceptors (Lipinski definition) is 3. The summed E-state index contributed by atoms with van der Waals surface area (Å²) in [5.41, 5.74) is 1.18. The van der Waals surface area contributed by atoms with Crippen molar-refractivity contribution in [2.24, 2.45) is 0 Å². The van der Waals surface area contributed by atoms with E-state index in [4.69, 9.17) is 5.11 Å². The average molecular weight is 288 g/mol. The molecule has 2 amide bonds. The zero-order valence-corrected chi connectivity index (χ0v) is 12.3. The van der Waals surface area contributed by atoms with Gasteiger partial charge in [0.25, 0.3) is 5.91 Å². The molecule has 1 aromatic rings. The van der Waals surface area contributed by atoms with E-state index in [1.165, 1.54) is 0 Å². The number of rotatable bonds is 5. The number of aliphatic hydroxyl groups excluding tert-OH is 1. The second-order valence-corrected chi connectivity index (χ2v) is 4.52. The molecule has 3 N–H and O–H groups in total. The largest absolute Gasteiger partial charge is 0.384 e. The van der Waals surface area contributed by atoms with Crippen LogP contribution in [-0.2, 0) is 4.79 Å². The molecule has 0 radical (unpaired) electrons. The van der Waals surface area contributed by atoms with E-state index in [0.717, 1.165) is 6.42 Å². The lowest BCUT2D eigenvalue weighted by molar-refractivity contribution is -0.122. The molecule has 0 aliphatic rings. The first kappa shape index (κ1) is 16.7. The molecule has 0 aliphatic carbocycles. The van der Waals surface area contributed by atoms with E-state index >= 15 is 0 Å². The standard InChI is InChI=1S/C16H20N2O3/c1-3-10-17-15(20)12(2)18-16(21)14-8-6-13(7-9-14)5-4-11-19/h6-9,12,19H,3,10-11H2,1-2H3,(H,17,20)(H,18,21). The second kappa shape index (κ2) is 8.77. The van der Waals surface area contributed by atoms with Crippen LogP contribution in [0.25, 0.3) is 0 Å². The van der Waals surface area contributed by atoms with Crippen molar-refractivity contribution in [3.05, 3.63) is 35.4 Å². The zero-order valence-electron chi connectivity index (χ0n) is 12.3. The van der Waals surface area contributed by atoms with Crippen LogP contribution in [0.2, 0.25) is 0 Å². The molecule has 5 nitrogen and oxygen atoms in total. The Bertz CT molecular complexity index is 541. The maximum atomic E-state index is 12.0. The van der Waals surface area contributed by atoms with Gasteiger partial charge in [-0.25, -0.2) is 0 Å². The third-order valence-electron chi connectivity index (χ3n) is 2.75. The van der Waals surface area contributed by atoms with Crippen molar-refractivity contribution in [2.75, 3.05) is 13.2 Å². The lowest BCUT2D eigenvalue weighted by Crippen LogP contribution is -2.44. The number of carbonyl (C=O) groups excluding carboxylic acids is 2. The summed E-state index contributed by atoms with van der Waals surface area (Å²) >= 11 is 0. The van der Waals surface area contributed by atoms with Crippen LogP contribution >= 0.6 is 0 Å². The summed E-state index contributed by atoms with van der Waals surface area (Å²) in [5, 5.41) is 14.0. The maximum Gasteiger partial charge on any atom is 0.251 e. The van der Waals surface area contributed by atoms with Gasteiger partial charge in [0.2, 0.25) is 5.91 Å². The molecule has 0 aliphatic heterocycles. The first-order valence-corrected chi connectivity index (χ1v) is 6.86. The first-order valence-electron chi connectivity index (χ1n) is 6.86. The number of hydrogen-bond donors (Lipinski definition) is 3. The fraction of sp³-hybridized carbons (Fsp3) is 0.375. The van der Waals surface area contributed by atoms with Crippen molar-refractivity contribution in [3.63, 3.8) is 0 Å². The lowest BCUT2D eigenvalue weighted by atomic mass is 10.1. The Morgan fingerprint density at radius 2 is 1.95 bits per heavy atom. The van der Waals surface area contributed by atoms with Crippen molar-refractivity contribution in [1.82, 2.24) is 10.6 Å². The minimum Gasteiger partial charge on any atom is -0.384 e. The third kappa shape index (κ3) is 5.67. The minimum absolute atomic E-state index is 0.198. The molecule has 1 unspecified atom stereocenters. The molecule has 0 fully saturated rings. The highest BCUT2D eigenvalue weighted by Gasteiger charge is 2.15. The van der Waals surface area contributed by atoms with E-state index in [9.17, 15) is 9.59 Å². The van der Waals surface area contributed by atoms with Crippen molar-refractivity contribution >= 4 is 11.8 Å². The van der Waals surface area contributed by atoms with Crippen molar-refractivity contribution in [1.29, 1.82) is 0 Å². The number of nitrogens with one attached hydrogen (secondary N) is 2. The second-order valence-electron chi connectivity index (χ2n) is 4.52. The van der Waals surface area contributed by atoms with Crippen LogP contribution in [0.5, 0.6) is 0 Å². The topological polar surface area (TPSA) is 78.4 Å². The molecule has 1 atom stereocenters. The van der Waals surface area contributed by atoms with Crippen LogP contribution in [-0.4, -0.2) is 36.1 Å². The van der Waals surface area contributed by atoms with E-state index in [1.54, 1.807) is 31.2 Å². The fourth-order valence-corrected chi connectivity index (χ4v) is 1.59. The van der Waals surface area contributed by atoms with Crippen LogP contribution in [0, 0.1) is 11.8 Å². The summed E-state index contributed by atoms with van der Waals surface area (Å²) in [6, 6.07) is 6.07. The Balaban J connectivity index is 2.61. The van der Waals surface area contributed by atoms with Gasteiger partial charge in [-0.15, -0.1) is 0 Å². The maximum absolute atomic E-state index is 12.0. The SMILES string of the molecule is CCCNC(=O)C(C)NC(=O)c1ccc(C#CCO)cc1. The van der Waals surface area contributed by atoms with E-state index < -0.39 is 6.04 Å². The summed E-state index contributed by atoms with van der Waals surface area (Å²) in [7, 11) is 0. The van der Waals surface area contributed by atoms with Crippen LogP contribution in [0.15, 0.2) is 24.3 Å². The fourth-order valence-electron chi connectivity index (χ4n) is 1.59. The van der Waals surface area contributed by atoms with Crippen LogP contribution in [0.1, 0.15) is 36.2 Å². The number of aliphatic hydroxyl groups is 1.